The van der Waals surface area contributed by atoms with Crippen LogP contribution in [0.4, 0.5) is 4.39 Å². The number of halogens is 1. The lowest BCUT2D eigenvalue weighted by atomic mass is 9.88. The summed E-state index contributed by atoms with van der Waals surface area (Å²) in [5.74, 6) is -0.249. The Bertz CT molecular complexity index is 1420. The highest BCUT2D eigenvalue weighted by Crippen LogP contribution is 2.44. The first-order chi connectivity index (χ1) is 14.5. The van der Waals surface area contributed by atoms with E-state index in [0.29, 0.717) is 5.69 Å². The van der Waals surface area contributed by atoms with Crippen molar-refractivity contribution in [2.24, 2.45) is 0 Å². The second-order valence-electron chi connectivity index (χ2n) is 8.01. The van der Waals surface area contributed by atoms with Gasteiger partial charge < -0.3 is 15.0 Å². The monoisotopic (exact) mass is 399 g/mol. The van der Waals surface area contributed by atoms with E-state index < -0.39 is 0 Å². The van der Waals surface area contributed by atoms with Gasteiger partial charge in [-0.3, -0.25) is 4.79 Å². The normalized spacial score (nSPS) is 11.8. The molecule has 0 bridgehead atoms. The largest absolute Gasteiger partial charge is 0.361 e. The van der Waals surface area contributed by atoms with Gasteiger partial charge in [-0.1, -0.05) is 26.0 Å². The van der Waals surface area contributed by atoms with Crippen molar-refractivity contribution in [3.63, 3.8) is 0 Å². The number of rotatable bonds is 4. The minimum atomic E-state index is -0.317. The number of fused-ring (bicyclic) bond motifs is 2. The van der Waals surface area contributed by atoms with Crippen LogP contribution in [0.5, 0.6) is 0 Å². The molecular formula is C25H22FN3O. The predicted molar refractivity (Wildman–Crippen MR) is 119 cm³/mol. The van der Waals surface area contributed by atoms with Crippen LogP contribution in [-0.4, -0.2) is 20.7 Å². The lowest BCUT2D eigenvalue weighted by molar-refractivity contribution is 0.101. The highest BCUT2D eigenvalue weighted by molar-refractivity contribution is 6.08. The maximum atomic E-state index is 14.4. The summed E-state index contributed by atoms with van der Waals surface area (Å²) in [5, 5.41) is 1.97. The SMILES string of the molecule is CC(=O)c1[nH]c(-c2cc(F)cc3[nH]ccc23)c(C(C)C)c1-c1cccc2[nH]ccc12. The number of hydrogen-bond acceptors (Lipinski definition) is 1. The summed E-state index contributed by atoms with van der Waals surface area (Å²) < 4.78 is 14.4. The molecule has 4 nitrogen and oxygen atoms in total. The molecule has 0 saturated carbocycles. The fourth-order valence-corrected chi connectivity index (χ4v) is 4.49. The van der Waals surface area contributed by atoms with Crippen molar-refractivity contribution in [1.82, 2.24) is 15.0 Å². The molecule has 0 spiro atoms. The Labute approximate surface area is 173 Å². The molecule has 3 aromatic heterocycles. The molecule has 3 N–H and O–H groups in total. The third-order valence-corrected chi connectivity index (χ3v) is 5.74. The predicted octanol–water partition coefficient (Wildman–Crippen LogP) is 6.78. The third-order valence-electron chi connectivity index (χ3n) is 5.74. The van der Waals surface area contributed by atoms with Crippen LogP contribution in [0.1, 0.15) is 42.7 Å². The maximum absolute atomic E-state index is 14.4. The van der Waals surface area contributed by atoms with Gasteiger partial charge in [0.05, 0.1) is 11.4 Å². The zero-order valence-electron chi connectivity index (χ0n) is 17.1. The van der Waals surface area contributed by atoms with E-state index in [1.54, 1.807) is 19.2 Å². The molecule has 3 heterocycles. The van der Waals surface area contributed by atoms with E-state index in [9.17, 15) is 9.18 Å². The van der Waals surface area contributed by atoms with Crippen LogP contribution in [0, 0.1) is 5.82 Å². The summed E-state index contributed by atoms with van der Waals surface area (Å²) in [6.45, 7) is 5.77. The standard InChI is InChI=1S/C25H22FN3O/c1-13(2)22-23(18-5-4-6-20-16(18)7-9-27-20)24(14(3)30)29-25(22)19-11-15(26)12-21-17(19)8-10-28-21/h4-13,27-29H,1-3H3. The molecule has 0 amide bonds. The minimum Gasteiger partial charge on any atom is -0.361 e. The number of nitrogens with one attached hydrogen (secondary N) is 3. The van der Waals surface area contributed by atoms with Crippen molar-refractivity contribution in [3.05, 3.63) is 71.9 Å². The van der Waals surface area contributed by atoms with E-state index in [2.05, 4.69) is 28.8 Å². The molecule has 0 aliphatic rings. The molecule has 0 aliphatic heterocycles. The lowest BCUT2D eigenvalue weighted by Crippen LogP contribution is -1.97. The first kappa shape index (κ1) is 18.4. The van der Waals surface area contributed by atoms with Crippen molar-refractivity contribution in [1.29, 1.82) is 0 Å². The fourth-order valence-electron chi connectivity index (χ4n) is 4.49. The smallest absolute Gasteiger partial charge is 0.176 e. The molecule has 2 aromatic carbocycles. The number of aromatic amines is 3. The van der Waals surface area contributed by atoms with Gasteiger partial charge in [-0.15, -0.1) is 0 Å². The number of ketones is 1. The van der Waals surface area contributed by atoms with E-state index in [4.69, 9.17) is 0 Å². The van der Waals surface area contributed by atoms with Gasteiger partial charge in [0.2, 0.25) is 0 Å². The zero-order chi connectivity index (χ0) is 21.0. The molecule has 0 radical (unpaired) electrons. The van der Waals surface area contributed by atoms with Gasteiger partial charge in [-0.2, -0.15) is 0 Å². The van der Waals surface area contributed by atoms with Crippen molar-refractivity contribution >= 4 is 27.6 Å². The van der Waals surface area contributed by atoms with Crippen molar-refractivity contribution < 1.29 is 9.18 Å². The number of Topliss-reactive ketones (excluding diaryl/α,β-unsaturated/α-hetero) is 1. The molecule has 5 heteroatoms. The molecule has 0 saturated heterocycles. The quantitative estimate of drug-likeness (QED) is 0.287. The van der Waals surface area contributed by atoms with Crippen molar-refractivity contribution in [2.75, 3.05) is 0 Å². The van der Waals surface area contributed by atoms with Gasteiger partial charge in [0.1, 0.15) is 5.82 Å². The third kappa shape index (κ3) is 2.70. The first-order valence-corrected chi connectivity index (χ1v) is 10.1. The van der Waals surface area contributed by atoms with Gasteiger partial charge in [-0.05, 0) is 47.4 Å². The Morgan fingerprint density at radius 2 is 1.63 bits per heavy atom. The molecular weight excluding hydrogens is 377 g/mol. The Morgan fingerprint density at radius 1 is 0.933 bits per heavy atom. The number of benzene rings is 2. The van der Waals surface area contributed by atoms with Crippen LogP contribution in [0.15, 0.2) is 54.9 Å². The highest BCUT2D eigenvalue weighted by Gasteiger charge is 2.26. The molecule has 0 unspecified atom stereocenters. The lowest BCUT2D eigenvalue weighted by Gasteiger charge is -2.14. The Balaban J connectivity index is 1.91. The van der Waals surface area contributed by atoms with E-state index >= 15 is 0 Å². The van der Waals surface area contributed by atoms with Crippen molar-refractivity contribution in [2.45, 2.75) is 26.7 Å². The van der Waals surface area contributed by atoms with Crippen molar-refractivity contribution in [3.8, 4) is 22.4 Å². The van der Waals surface area contributed by atoms with Gasteiger partial charge in [0, 0.05) is 52.3 Å². The van der Waals surface area contributed by atoms with Crippen LogP contribution in [-0.2, 0) is 0 Å². The molecule has 30 heavy (non-hydrogen) atoms. The Hall–Kier alpha value is -3.60. The molecule has 5 rings (SSSR count). The van der Waals surface area contributed by atoms with Crippen LogP contribution in [0.3, 0.4) is 0 Å². The number of carbonyl (C=O) groups is 1. The Kier molecular flexibility index (Phi) is 4.13. The molecule has 0 atom stereocenters. The molecule has 0 fully saturated rings. The van der Waals surface area contributed by atoms with Crippen LogP contribution >= 0.6 is 0 Å². The van der Waals surface area contributed by atoms with Gasteiger partial charge in [0.15, 0.2) is 5.78 Å². The van der Waals surface area contributed by atoms with Gasteiger partial charge in [0.25, 0.3) is 0 Å². The van der Waals surface area contributed by atoms with E-state index in [0.717, 1.165) is 49.8 Å². The van der Waals surface area contributed by atoms with E-state index in [-0.39, 0.29) is 17.5 Å². The molecule has 5 aromatic rings. The highest BCUT2D eigenvalue weighted by atomic mass is 19.1. The summed E-state index contributed by atoms with van der Waals surface area (Å²) >= 11 is 0. The van der Waals surface area contributed by atoms with E-state index in [1.807, 2.05) is 36.5 Å². The fraction of sp³-hybridized carbons (Fsp3) is 0.160. The van der Waals surface area contributed by atoms with Crippen LogP contribution in [0.25, 0.3) is 44.2 Å². The molecule has 150 valence electrons. The summed E-state index contributed by atoms with van der Waals surface area (Å²) in [7, 11) is 0. The summed E-state index contributed by atoms with van der Waals surface area (Å²) in [4.78, 5) is 22.4. The average molecular weight is 399 g/mol. The molecule has 0 aliphatic carbocycles. The topological polar surface area (TPSA) is 64.4 Å². The Morgan fingerprint density at radius 3 is 2.33 bits per heavy atom. The zero-order valence-corrected chi connectivity index (χ0v) is 17.1. The number of hydrogen-bond donors (Lipinski definition) is 3. The summed E-state index contributed by atoms with van der Waals surface area (Å²) in [6.07, 6.45) is 3.71. The number of H-pyrrole nitrogens is 3. The van der Waals surface area contributed by atoms with Crippen LogP contribution < -0.4 is 0 Å². The summed E-state index contributed by atoms with van der Waals surface area (Å²) in [6, 6.07) is 13.0. The number of aromatic nitrogens is 3. The van der Waals surface area contributed by atoms with E-state index in [1.165, 1.54) is 6.07 Å². The second kappa shape index (κ2) is 6.73. The minimum absolute atomic E-state index is 0.0487. The second-order valence-corrected chi connectivity index (χ2v) is 8.01. The van der Waals surface area contributed by atoms with Gasteiger partial charge in [-0.25, -0.2) is 4.39 Å². The maximum Gasteiger partial charge on any atom is 0.176 e. The van der Waals surface area contributed by atoms with Crippen LogP contribution in [0.2, 0.25) is 0 Å². The summed E-state index contributed by atoms with van der Waals surface area (Å²) in [5.41, 5.74) is 6.74. The average Bonchev–Trinajstić information content (AvgIpc) is 3.43. The van der Waals surface area contributed by atoms with Gasteiger partial charge >= 0.3 is 0 Å². The first-order valence-electron chi connectivity index (χ1n) is 10.1. The number of carbonyl (C=O) groups excluding carboxylic acids is 1.